The molecule has 0 amide bonds. The van der Waals surface area contributed by atoms with Gasteiger partial charge in [-0.2, -0.15) is 13.2 Å². The Morgan fingerprint density at radius 3 is 2.78 bits per heavy atom. The van der Waals surface area contributed by atoms with Crippen LogP contribution in [0.1, 0.15) is 46.4 Å². The number of Topliss-reactive ketones (excluding diaryl/α,β-unsaturated/α-hetero) is 1. The van der Waals surface area contributed by atoms with Crippen molar-refractivity contribution in [2.75, 3.05) is 5.32 Å². The van der Waals surface area contributed by atoms with Crippen LogP contribution in [0.5, 0.6) is 0 Å². The van der Waals surface area contributed by atoms with E-state index in [-0.39, 0.29) is 17.9 Å². The van der Waals surface area contributed by atoms with Crippen LogP contribution in [-0.2, 0) is 19.1 Å². The molecule has 0 saturated heterocycles. The molecule has 0 unspecified atom stereocenters. The lowest BCUT2D eigenvalue weighted by Gasteiger charge is -2.11. The lowest BCUT2D eigenvalue weighted by Crippen LogP contribution is -2.11. The molecule has 1 aromatic heterocycles. The molecule has 0 saturated carbocycles. The smallest absolute Gasteiger partial charge is 0.381 e. The van der Waals surface area contributed by atoms with Crippen molar-refractivity contribution in [3.8, 4) is 0 Å². The van der Waals surface area contributed by atoms with E-state index in [1.165, 1.54) is 0 Å². The number of ketones is 1. The Labute approximate surface area is 130 Å². The highest BCUT2D eigenvalue weighted by atomic mass is 19.4. The van der Waals surface area contributed by atoms with Gasteiger partial charge in [-0.15, -0.1) is 0 Å². The predicted octanol–water partition coefficient (Wildman–Crippen LogP) is 4.21. The van der Waals surface area contributed by atoms with E-state index in [2.05, 4.69) is 15.0 Å². The van der Waals surface area contributed by atoms with Crippen LogP contribution in [0.2, 0.25) is 0 Å². The average molecular weight is 324 g/mol. The molecule has 122 valence electrons. The first-order chi connectivity index (χ1) is 10.9. The summed E-state index contributed by atoms with van der Waals surface area (Å²) in [5, 5.41) is 5.90. The van der Waals surface area contributed by atoms with E-state index in [4.69, 9.17) is 0 Å². The molecule has 1 aliphatic carbocycles. The first kappa shape index (κ1) is 15.6. The van der Waals surface area contributed by atoms with Crippen LogP contribution in [0.15, 0.2) is 29.0 Å². The summed E-state index contributed by atoms with van der Waals surface area (Å²) in [6, 6.07) is 5.35. The van der Waals surface area contributed by atoms with Gasteiger partial charge in [0, 0.05) is 29.8 Å². The number of benzene rings is 1. The molecule has 0 bridgehead atoms. The minimum absolute atomic E-state index is 0.0706. The highest BCUT2D eigenvalue weighted by Gasteiger charge is 2.37. The Balaban J connectivity index is 1.77. The van der Waals surface area contributed by atoms with E-state index in [1.54, 1.807) is 12.1 Å². The van der Waals surface area contributed by atoms with E-state index in [0.717, 1.165) is 31.1 Å². The van der Waals surface area contributed by atoms with E-state index in [1.807, 2.05) is 6.07 Å². The van der Waals surface area contributed by atoms with E-state index in [0.29, 0.717) is 17.7 Å². The molecule has 2 aromatic rings. The van der Waals surface area contributed by atoms with Crippen LogP contribution in [-0.4, -0.2) is 10.9 Å². The number of carbonyl (C=O) groups excluding carboxylic acids is 1. The van der Waals surface area contributed by atoms with Crippen LogP contribution >= 0.6 is 0 Å². The molecule has 1 aromatic carbocycles. The Hall–Kier alpha value is -2.31. The molecule has 0 spiro atoms. The monoisotopic (exact) mass is 324 g/mol. The number of hydrogen-bond donors (Lipinski definition) is 1. The number of carbonyl (C=O) groups is 1. The van der Waals surface area contributed by atoms with Gasteiger partial charge in [-0.3, -0.25) is 4.79 Å². The third-order valence-corrected chi connectivity index (χ3v) is 3.90. The summed E-state index contributed by atoms with van der Waals surface area (Å²) in [5.74, 6) is 0.0853. The number of fused-ring (bicyclic) bond motifs is 1. The number of nitrogens with one attached hydrogen (secondary N) is 1. The van der Waals surface area contributed by atoms with Crippen molar-refractivity contribution in [3.63, 3.8) is 0 Å². The van der Waals surface area contributed by atoms with E-state index in [9.17, 15) is 18.0 Å². The molecular formula is C16H15F3N2O2. The van der Waals surface area contributed by atoms with Gasteiger partial charge in [0.15, 0.2) is 11.5 Å². The second-order valence-corrected chi connectivity index (χ2v) is 5.54. The average Bonchev–Trinajstić information content (AvgIpc) is 2.91. The number of anilines is 1. The van der Waals surface area contributed by atoms with Gasteiger partial charge in [0.05, 0.1) is 0 Å². The van der Waals surface area contributed by atoms with E-state index >= 15 is 0 Å². The van der Waals surface area contributed by atoms with Crippen LogP contribution in [0.3, 0.4) is 0 Å². The highest BCUT2D eigenvalue weighted by molar-refractivity contribution is 5.98. The highest BCUT2D eigenvalue weighted by Crippen LogP contribution is 2.31. The molecule has 4 nitrogen and oxygen atoms in total. The van der Waals surface area contributed by atoms with Gasteiger partial charge in [0.2, 0.25) is 0 Å². The van der Waals surface area contributed by atoms with Crippen LogP contribution in [0, 0.1) is 0 Å². The van der Waals surface area contributed by atoms with Crippen molar-refractivity contribution in [3.05, 3.63) is 46.8 Å². The van der Waals surface area contributed by atoms with Crippen LogP contribution in [0.25, 0.3) is 0 Å². The summed E-state index contributed by atoms with van der Waals surface area (Å²) in [6.45, 7) is -0.0781. The molecule has 3 rings (SSSR count). The molecular weight excluding hydrogens is 309 g/mol. The first-order valence-corrected chi connectivity index (χ1v) is 7.35. The molecule has 1 heterocycles. The number of hydrogen-bond acceptors (Lipinski definition) is 4. The zero-order valence-electron chi connectivity index (χ0n) is 12.2. The lowest BCUT2D eigenvalue weighted by molar-refractivity contribution is -0.143. The first-order valence-electron chi connectivity index (χ1n) is 7.35. The van der Waals surface area contributed by atoms with Crippen molar-refractivity contribution in [2.24, 2.45) is 0 Å². The van der Waals surface area contributed by atoms with Gasteiger partial charge < -0.3 is 9.84 Å². The Kier molecular flexibility index (Phi) is 4.11. The van der Waals surface area contributed by atoms with Gasteiger partial charge in [-0.05, 0) is 37.0 Å². The largest absolute Gasteiger partial charge is 0.437 e. The molecule has 0 aliphatic heterocycles. The Morgan fingerprint density at radius 2 is 2.00 bits per heavy atom. The maximum absolute atomic E-state index is 12.7. The predicted molar refractivity (Wildman–Crippen MR) is 77.2 cm³/mol. The fourth-order valence-corrected chi connectivity index (χ4v) is 2.71. The summed E-state index contributed by atoms with van der Waals surface area (Å²) in [4.78, 5) is 12.1. The topological polar surface area (TPSA) is 55.1 Å². The quantitative estimate of drug-likeness (QED) is 0.859. The molecule has 1 aliphatic rings. The molecule has 7 heteroatoms. The SMILES string of the molecule is O=C1CCCCc2ccc(NCc3conc3C(F)(F)F)cc21. The third-order valence-electron chi connectivity index (χ3n) is 3.90. The van der Waals surface area contributed by atoms with Gasteiger partial charge in [0.25, 0.3) is 0 Å². The molecule has 1 N–H and O–H groups in total. The number of alkyl halides is 3. The van der Waals surface area contributed by atoms with Gasteiger partial charge in [-0.25, -0.2) is 0 Å². The van der Waals surface area contributed by atoms with Crippen molar-refractivity contribution < 1.29 is 22.5 Å². The zero-order chi connectivity index (χ0) is 16.4. The van der Waals surface area contributed by atoms with Crippen molar-refractivity contribution in [1.29, 1.82) is 0 Å². The molecule has 23 heavy (non-hydrogen) atoms. The Morgan fingerprint density at radius 1 is 1.22 bits per heavy atom. The van der Waals surface area contributed by atoms with Crippen molar-refractivity contribution >= 4 is 11.5 Å². The third kappa shape index (κ3) is 3.38. The molecule has 0 radical (unpaired) electrons. The second kappa shape index (κ2) is 6.06. The van der Waals surface area contributed by atoms with Gasteiger partial charge in [0.1, 0.15) is 6.26 Å². The lowest BCUT2D eigenvalue weighted by atomic mass is 10.0. The molecule has 0 fully saturated rings. The van der Waals surface area contributed by atoms with Gasteiger partial charge in [-0.1, -0.05) is 11.2 Å². The van der Waals surface area contributed by atoms with Crippen LogP contribution in [0.4, 0.5) is 18.9 Å². The molecule has 0 atom stereocenters. The van der Waals surface area contributed by atoms with Crippen LogP contribution < -0.4 is 5.32 Å². The number of rotatable bonds is 3. The maximum Gasteiger partial charge on any atom is 0.437 e. The van der Waals surface area contributed by atoms with E-state index < -0.39 is 11.9 Å². The number of aromatic nitrogens is 1. The fraction of sp³-hybridized carbons (Fsp3) is 0.375. The zero-order valence-corrected chi connectivity index (χ0v) is 12.2. The van der Waals surface area contributed by atoms with Crippen molar-refractivity contribution in [1.82, 2.24) is 5.16 Å². The summed E-state index contributed by atoms with van der Waals surface area (Å²) in [6.07, 6.45) is -0.364. The number of halogens is 3. The maximum atomic E-state index is 12.7. The summed E-state index contributed by atoms with van der Waals surface area (Å²) < 4.78 is 42.6. The van der Waals surface area contributed by atoms with Gasteiger partial charge >= 0.3 is 6.18 Å². The number of nitrogens with zero attached hydrogens (tertiary/aromatic N) is 1. The normalized spacial score (nSPS) is 15.2. The number of aryl methyl sites for hydroxylation is 1. The minimum atomic E-state index is -4.55. The summed E-state index contributed by atoms with van der Waals surface area (Å²) >= 11 is 0. The van der Waals surface area contributed by atoms with Crippen molar-refractivity contribution in [2.45, 2.75) is 38.4 Å². The summed E-state index contributed by atoms with van der Waals surface area (Å²) in [7, 11) is 0. The Bertz CT molecular complexity index is 722. The second-order valence-electron chi connectivity index (χ2n) is 5.54. The minimum Gasteiger partial charge on any atom is -0.381 e. The summed E-state index contributed by atoms with van der Waals surface area (Å²) in [5.41, 5.74) is 1.16. The fourth-order valence-electron chi connectivity index (χ4n) is 2.71. The standard InChI is InChI=1S/C16H15F3N2O2/c17-16(18,19)15-11(9-23-21-15)8-20-12-6-5-10-3-1-2-4-14(22)13(10)7-12/h5-7,9,20H,1-4,8H2.